The van der Waals surface area contributed by atoms with Crippen molar-refractivity contribution in [2.45, 2.75) is 19.1 Å². The summed E-state index contributed by atoms with van der Waals surface area (Å²) in [5, 5.41) is 2.75. The summed E-state index contributed by atoms with van der Waals surface area (Å²) in [7, 11) is 0. The molecule has 0 fully saturated rings. The summed E-state index contributed by atoms with van der Waals surface area (Å²) < 4.78 is 5.63. The van der Waals surface area contributed by atoms with Gasteiger partial charge in [0.1, 0.15) is 11.6 Å². The third-order valence-corrected chi connectivity index (χ3v) is 3.25. The Kier molecular flexibility index (Phi) is 3.35. The number of carbonyl (C=O) groups excluding carboxylic acids is 1. The van der Waals surface area contributed by atoms with Crippen molar-refractivity contribution in [2.24, 2.45) is 5.73 Å². The Balaban J connectivity index is 1.66. The van der Waals surface area contributed by atoms with E-state index in [1.807, 2.05) is 30.3 Å². The standard InChI is InChI=1S/C15H15N3O2/c16-8-10-5-6-14(17-9-10)18-15(19)13-7-11-3-1-2-4-12(11)20-13/h1-6,9,13H,7-8,16H2,(H,17,18,19). The van der Waals surface area contributed by atoms with Crippen molar-refractivity contribution in [3.63, 3.8) is 0 Å². The number of benzene rings is 1. The molecule has 1 unspecified atom stereocenters. The highest BCUT2D eigenvalue weighted by molar-refractivity contribution is 5.94. The van der Waals surface area contributed by atoms with E-state index in [1.54, 1.807) is 12.3 Å². The number of amides is 1. The molecule has 20 heavy (non-hydrogen) atoms. The first kappa shape index (κ1) is 12.6. The molecule has 1 atom stereocenters. The molecule has 0 bridgehead atoms. The van der Waals surface area contributed by atoms with Crippen LogP contribution in [0.15, 0.2) is 42.6 Å². The first-order valence-corrected chi connectivity index (χ1v) is 6.46. The van der Waals surface area contributed by atoms with Crippen molar-refractivity contribution in [2.75, 3.05) is 5.32 Å². The lowest BCUT2D eigenvalue weighted by atomic mass is 10.1. The van der Waals surface area contributed by atoms with Gasteiger partial charge in [0.25, 0.3) is 5.91 Å². The first-order valence-electron chi connectivity index (χ1n) is 6.46. The maximum atomic E-state index is 12.1. The maximum absolute atomic E-state index is 12.1. The van der Waals surface area contributed by atoms with E-state index in [-0.39, 0.29) is 5.91 Å². The molecule has 102 valence electrons. The lowest BCUT2D eigenvalue weighted by molar-refractivity contribution is -0.122. The van der Waals surface area contributed by atoms with Gasteiger partial charge in [0.2, 0.25) is 0 Å². The van der Waals surface area contributed by atoms with Gasteiger partial charge in [-0.3, -0.25) is 4.79 Å². The number of pyridine rings is 1. The monoisotopic (exact) mass is 269 g/mol. The number of aromatic nitrogens is 1. The summed E-state index contributed by atoms with van der Waals surface area (Å²) >= 11 is 0. The predicted molar refractivity (Wildman–Crippen MR) is 75.3 cm³/mol. The quantitative estimate of drug-likeness (QED) is 0.884. The van der Waals surface area contributed by atoms with Crippen LogP contribution in [0.25, 0.3) is 0 Å². The minimum atomic E-state index is -0.497. The second kappa shape index (κ2) is 5.30. The minimum Gasteiger partial charge on any atom is -0.480 e. The minimum absolute atomic E-state index is 0.186. The number of ether oxygens (including phenoxy) is 1. The first-order chi connectivity index (χ1) is 9.76. The predicted octanol–water partition coefficient (Wildman–Crippen LogP) is 1.48. The van der Waals surface area contributed by atoms with Crippen molar-refractivity contribution in [1.82, 2.24) is 4.98 Å². The van der Waals surface area contributed by atoms with Gasteiger partial charge in [0.05, 0.1) is 0 Å². The lowest BCUT2D eigenvalue weighted by Gasteiger charge is -2.11. The number of carbonyl (C=O) groups is 1. The van der Waals surface area contributed by atoms with E-state index >= 15 is 0 Å². The second-order valence-corrected chi connectivity index (χ2v) is 4.66. The zero-order valence-corrected chi connectivity index (χ0v) is 10.9. The van der Waals surface area contributed by atoms with Crippen LogP contribution >= 0.6 is 0 Å². The lowest BCUT2D eigenvalue weighted by Crippen LogP contribution is -2.31. The third kappa shape index (κ3) is 2.48. The van der Waals surface area contributed by atoms with Crippen LogP contribution in [0.2, 0.25) is 0 Å². The van der Waals surface area contributed by atoms with Crippen molar-refractivity contribution in [3.8, 4) is 5.75 Å². The summed E-state index contributed by atoms with van der Waals surface area (Å²) in [4.78, 5) is 16.3. The van der Waals surface area contributed by atoms with E-state index in [0.29, 0.717) is 18.8 Å². The molecule has 0 radical (unpaired) electrons. The molecule has 1 aliphatic rings. The van der Waals surface area contributed by atoms with Crippen molar-refractivity contribution < 1.29 is 9.53 Å². The van der Waals surface area contributed by atoms with Gasteiger partial charge in [0, 0.05) is 19.2 Å². The average molecular weight is 269 g/mol. The van der Waals surface area contributed by atoms with Gasteiger partial charge in [-0.1, -0.05) is 24.3 Å². The molecule has 1 aromatic heterocycles. The van der Waals surface area contributed by atoms with Crippen LogP contribution in [0, 0.1) is 0 Å². The zero-order valence-electron chi connectivity index (χ0n) is 10.9. The van der Waals surface area contributed by atoms with E-state index in [4.69, 9.17) is 10.5 Å². The Bertz CT molecular complexity index is 600. The number of nitrogens with one attached hydrogen (secondary N) is 1. The van der Waals surface area contributed by atoms with Crippen LogP contribution in [0.4, 0.5) is 5.82 Å². The van der Waals surface area contributed by atoms with Crippen LogP contribution in [-0.2, 0) is 17.8 Å². The fourth-order valence-corrected chi connectivity index (χ4v) is 2.15. The largest absolute Gasteiger partial charge is 0.480 e. The summed E-state index contributed by atoms with van der Waals surface area (Å²) in [6.07, 6.45) is 1.74. The highest BCUT2D eigenvalue weighted by atomic mass is 16.5. The van der Waals surface area contributed by atoms with Gasteiger partial charge >= 0.3 is 0 Å². The Morgan fingerprint density at radius 3 is 2.90 bits per heavy atom. The van der Waals surface area contributed by atoms with Crippen molar-refractivity contribution >= 4 is 11.7 Å². The third-order valence-electron chi connectivity index (χ3n) is 3.25. The summed E-state index contributed by atoms with van der Waals surface area (Å²) in [5.41, 5.74) is 7.48. The zero-order chi connectivity index (χ0) is 13.9. The fraction of sp³-hybridized carbons (Fsp3) is 0.200. The second-order valence-electron chi connectivity index (χ2n) is 4.66. The molecule has 2 heterocycles. The van der Waals surface area contributed by atoms with E-state index in [2.05, 4.69) is 10.3 Å². The highest BCUT2D eigenvalue weighted by Gasteiger charge is 2.28. The van der Waals surface area contributed by atoms with E-state index < -0.39 is 6.10 Å². The number of para-hydroxylation sites is 1. The van der Waals surface area contributed by atoms with Crippen molar-refractivity contribution in [3.05, 3.63) is 53.7 Å². The molecule has 1 aliphatic heterocycles. The van der Waals surface area contributed by atoms with E-state index in [0.717, 1.165) is 16.9 Å². The van der Waals surface area contributed by atoms with Crippen LogP contribution in [-0.4, -0.2) is 17.0 Å². The summed E-state index contributed by atoms with van der Waals surface area (Å²) in [6, 6.07) is 11.3. The number of nitrogens with two attached hydrogens (primary N) is 1. The fourth-order valence-electron chi connectivity index (χ4n) is 2.15. The Morgan fingerprint density at radius 2 is 2.20 bits per heavy atom. The molecule has 0 saturated heterocycles. The van der Waals surface area contributed by atoms with Gasteiger partial charge in [-0.25, -0.2) is 4.98 Å². The van der Waals surface area contributed by atoms with Gasteiger partial charge in [-0.15, -0.1) is 0 Å². The van der Waals surface area contributed by atoms with Gasteiger partial charge in [-0.05, 0) is 23.3 Å². The summed E-state index contributed by atoms with van der Waals surface area (Å²) in [6.45, 7) is 0.433. The number of hydrogen-bond acceptors (Lipinski definition) is 4. The molecule has 0 spiro atoms. The van der Waals surface area contributed by atoms with Crippen LogP contribution in [0.5, 0.6) is 5.75 Å². The summed E-state index contributed by atoms with van der Waals surface area (Å²) in [5.74, 6) is 1.10. The average Bonchev–Trinajstić information content (AvgIpc) is 2.92. The van der Waals surface area contributed by atoms with Gasteiger partial charge < -0.3 is 15.8 Å². The smallest absolute Gasteiger partial charge is 0.266 e. The van der Waals surface area contributed by atoms with Crippen LogP contribution in [0.1, 0.15) is 11.1 Å². The molecule has 3 rings (SSSR count). The maximum Gasteiger partial charge on any atom is 0.266 e. The molecular formula is C15H15N3O2. The SMILES string of the molecule is NCc1ccc(NC(=O)C2Cc3ccccc3O2)nc1. The Morgan fingerprint density at radius 1 is 1.35 bits per heavy atom. The molecule has 5 heteroatoms. The molecular weight excluding hydrogens is 254 g/mol. The number of nitrogens with zero attached hydrogens (tertiary/aromatic N) is 1. The normalized spacial score (nSPS) is 16.4. The molecule has 5 nitrogen and oxygen atoms in total. The number of hydrogen-bond donors (Lipinski definition) is 2. The van der Waals surface area contributed by atoms with E-state index in [9.17, 15) is 4.79 Å². The molecule has 3 N–H and O–H groups in total. The van der Waals surface area contributed by atoms with Gasteiger partial charge in [0.15, 0.2) is 6.10 Å². The molecule has 2 aromatic rings. The van der Waals surface area contributed by atoms with Gasteiger partial charge in [-0.2, -0.15) is 0 Å². The highest BCUT2D eigenvalue weighted by Crippen LogP contribution is 2.28. The Hall–Kier alpha value is -2.40. The number of fused-ring (bicyclic) bond motifs is 1. The molecule has 1 amide bonds. The van der Waals surface area contributed by atoms with Crippen LogP contribution < -0.4 is 15.8 Å². The molecule has 1 aromatic carbocycles. The van der Waals surface area contributed by atoms with E-state index in [1.165, 1.54) is 0 Å². The number of rotatable bonds is 3. The van der Waals surface area contributed by atoms with Crippen molar-refractivity contribution in [1.29, 1.82) is 0 Å². The van der Waals surface area contributed by atoms with Crippen LogP contribution in [0.3, 0.4) is 0 Å². The molecule has 0 saturated carbocycles. The Labute approximate surface area is 116 Å². The number of anilines is 1. The molecule has 0 aliphatic carbocycles. The topological polar surface area (TPSA) is 77.2 Å².